The maximum Gasteiger partial charge on any atom is 0.344 e. The summed E-state index contributed by atoms with van der Waals surface area (Å²) in [6.45, 7) is 5.33. The van der Waals surface area contributed by atoms with Crippen molar-refractivity contribution in [2.75, 3.05) is 20.0 Å². The molecule has 0 bridgehead atoms. The molecule has 0 saturated heterocycles. The van der Waals surface area contributed by atoms with E-state index in [0.717, 1.165) is 7.11 Å². The first-order chi connectivity index (χ1) is 8.84. The van der Waals surface area contributed by atoms with Crippen molar-refractivity contribution in [3.8, 4) is 5.75 Å². The van der Waals surface area contributed by atoms with Gasteiger partial charge in [0.05, 0.1) is 19.1 Å². The number of nitro groups is 1. The van der Waals surface area contributed by atoms with Gasteiger partial charge < -0.3 is 15.2 Å². The lowest BCUT2D eigenvalue weighted by Gasteiger charge is -2.14. The maximum absolute atomic E-state index is 11.7. The Kier molecular flexibility index (Phi) is 4.11. The number of anilines is 1. The zero-order valence-corrected chi connectivity index (χ0v) is 10.9. The van der Waals surface area contributed by atoms with Crippen molar-refractivity contribution in [2.45, 2.75) is 6.92 Å². The average Bonchev–Trinajstić information content (AvgIpc) is 2.36. The average molecular weight is 266 g/mol. The fourth-order valence-corrected chi connectivity index (χ4v) is 1.65. The number of rotatable bonds is 4. The SMILES string of the molecule is C=C(C)c1cc([N+](=O)[O-])c(N)c(C(=O)OC)c1OC. The fourth-order valence-electron chi connectivity index (χ4n) is 1.65. The molecule has 1 rings (SSSR count). The summed E-state index contributed by atoms with van der Waals surface area (Å²) in [5, 5.41) is 11.0. The van der Waals surface area contributed by atoms with E-state index in [1.807, 2.05) is 0 Å². The number of benzene rings is 1. The number of hydrogen-bond acceptors (Lipinski definition) is 6. The lowest BCUT2D eigenvalue weighted by Crippen LogP contribution is -2.11. The van der Waals surface area contributed by atoms with Crippen LogP contribution >= 0.6 is 0 Å². The number of allylic oxidation sites excluding steroid dienone is 1. The first-order valence-corrected chi connectivity index (χ1v) is 5.24. The van der Waals surface area contributed by atoms with Crippen molar-refractivity contribution in [1.29, 1.82) is 0 Å². The smallest absolute Gasteiger partial charge is 0.344 e. The van der Waals surface area contributed by atoms with Crippen LogP contribution in [0.2, 0.25) is 0 Å². The van der Waals surface area contributed by atoms with Crippen LogP contribution in [-0.2, 0) is 4.74 Å². The van der Waals surface area contributed by atoms with E-state index >= 15 is 0 Å². The summed E-state index contributed by atoms with van der Waals surface area (Å²) in [4.78, 5) is 22.0. The molecule has 2 N–H and O–H groups in total. The third-order valence-electron chi connectivity index (χ3n) is 2.55. The fraction of sp³-hybridized carbons (Fsp3) is 0.250. The number of nitrogen functional groups attached to an aromatic ring is 1. The van der Waals surface area contributed by atoms with Gasteiger partial charge in [-0.05, 0) is 12.5 Å². The van der Waals surface area contributed by atoms with E-state index in [2.05, 4.69) is 11.3 Å². The summed E-state index contributed by atoms with van der Waals surface area (Å²) in [5.74, 6) is -0.692. The summed E-state index contributed by atoms with van der Waals surface area (Å²) in [6, 6.07) is 1.23. The molecule has 0 aliphatic rings. The molecule has 19 heavy (non-hydrogen) atoms. The Hall–Kier alpha value is -2.57. The second-order valence-corrected chi connectivity index (χ2v) is 3.79. The van der Waals surface area contributed by atoms with Crippen LogP contribution in [0.15, 0.2) is 12.6 Å². The monoisotopic (exact) mass is 266 g/mol. The summed E-state index contributed by atoms with van der Waals surface area (Å²) >= 11 is 0. The van der Waals surface area contributed by atoms with Crippen LogP contribution in [0, 0.1) is 10.1 Å². The molecule has 0 aliphatic carbocycles. The highest BCUT2D eigenvalue weighted by molar-refractivity contribution is 6.02. The Morgan fingerprint density at radius 3 is 2.42 bits per heavy atom. The van der Waals surface area contributed by atoms with E-state index in [4.69, 9.17) is 10.5 Å². The Labute approximate surface area is 109 Å². The minimum absolute atomic E-state index is 0.113. The highest BCUT2D eigenvalue weighted by atomic mass is 16.6. The second-order valence-electron chi connectivity index (χ2n) is 3.79. The summed E-state index contributed by atoms with van der Waals surface area (Å²) < 4.78 is 9.69. The Balaban J connectivity index is 3.79. The van der Waals surface area contributed by atoms with Gasteiger partial charge in [-0.2, -0.15) is 0 Å². The number of ether oxygens (including phenoxy) is 2. The van der Waals surface area contributed by atoms with Crippen LogP contribution < -0.4 is 10.5 Å². The predicted octanol–water partition coefficient (Wildman–Crippen LogP) is 2.01. The molecule has 1 aromatic rings. The molecule has 0 heterocycles. The van der Waals surface area contributed by atoms with Crippen molar-refractivity contribution >= 4 is 22.9 Å². The van der Waals surface area contributed by atoms with E-state index in [0.29, 0.717) is 11.1 Å². The zero-order valence-electron chi connectivity index (χ0n) is 10.9. The van der Waals surface area contributed by atoms with E-state index in [1.165, 1.54) is 13.2 Å². The van der Waals surface area contributed by atoms with Crippen LogP contribution in [0.5, 0.6) is 5.75 Å². The maximum atomic E-state index is 11.7. The number of carbonyl (C=O) groups is 1. The quantitative estimate of drug-likeness (QED) is 0.387. The summed E-state index contributed by atoms with van der Waals surface area (Å²) in [5.41, 5.74) is 5.64. The van der Waals surface area contributed by atoms with Crippen molar-refractivity contribution in [1.82, 2.24) is 0 Å². The van der Waals surface area contributed by atoms with Gasteiger partial charge in [-0.15, -0.1) is 0 Å². The van der Waals surface area contributed by atoms with Crippen LogP contribution in [0.1, 0.15) is 22.8 Å². The van der Waals surface area contributed by atoms with Gasteiger partial charge in [0, 0.05) is 11.6 Å². The molecule has 0 amide bonds. The van der Waals surface area contributed by atoms with Crippen LogP contribution in [-0.4, -0.2) is 25.1 Å². The Bertz CT molecular complexity index is 566. The van der Waals surface area contributed by atoms with Gasteiger partial charge in [0.1, 0.15) is 17.0 Å². The lowest BCUT2D eigenvalue weighted by atomic mass is 10.0. The molecule has 0 saturated carbocycles. The molecule has 7 heteroatoms. The number of hydrogen-bond donors (Lipinski definition) is 1. The molecular weight excluding hydrogens is 252 g/mol. The lowest BCUT2D eigenvalue weighted by molar-refractivity contribution is -0.384. The topological polar surface area (TPSA) is 105 Å². The number of carbonyl (C=O) groups excluding carboxylic acids is 1. The third kappa shape index (κ3) is 2.49. The molecule has 0 fully saturated rings. The van der Waals surface area contributed by atoms with Gasteiger partial charge in [-0.25, -0.2) is 4.79 Å². The first-order valence-electron chi connectivity index (χ1n) is 5.24. The molecule has 0 unspecified atom stereocenters. The van der Waals surface area contributed by atoms with Gasteiger partial charge >= 0.3 is 5.97 Å². The number of nitrogens with two attached hydrogens (primary N) is 1. The molecular formula is C12H14N2O5. The number of nitro benzene ring substituents is 1. The van der Waals surface area contributed by atoms with Crippen molar-refractivity contribution in [3.63, 3.8) is 0 Å². The standard InChI is InChI=1S/C12H14N2O5/c1-6(2)7-5-8(14(16)17)10(13)9(11(7)18-3)12(15)19-4/h5H,1,13H2,2-4H3. The van der Waals surface area contributed by atoms with Gasteiger partial charge in [0.2, 0.25) is 0 Å². The van der Waals surface area contributed by atoms with Gasteiger partial charge in [0.25, 0.3) is 5.69 Å². The molecule has 102 valence electrons. The van der Waals surface area contributed by atoms with Crippen LogP contribution in [0.25, 0.3) is 5.57 Å². The van der Waals surface area contributed by atoms with Crippen molar-refractivity contribution < 1.29 is 19.2 Å². The number of esters is 1. The van der Waals surface area contributed by atoms with E-state index in [9.17, 15) is 14.9 Å². The van der Waals surface area contributed by atoms with Crippen molar-refractivity contribution in [3.05, 3.63) is 33.9 Å². The molecule has 0 aromatic heterocycles. The predicted molar refractivity (Wildman–Crippen MR) is 70.1 cm³/mol. The van der Waals surface area contributed by atoms with Crippen molar-refractivity contribution in [2.24, 2.45) is 0 Å². The summed E-state index contributed by atoms with van der Waals surface area (Å²) in [7, 11) is 2.49. The normalized spacial score (nSPS) is 9.84. The molecule has 0 aliphatic heterocycles. The minimum Gasteiger partial charge on any atom is -0.495 e. The van der Waals surface area contributed by atoms with Gasteiger partial charge in [-0.1, -0.05) is 6.58 Å². The Morgan fingerprint density at radius 2 is 2.05 bits per heavy atom. The molecule has 1 aromatic carbocycles. The Morgan fingerprint density at radius 1 is 1.47 bits per heavy atom. The molecule has 0 radical (unpaired) electrons. The highest BCUT2D eigenvalue weighted by Gasteiger charge is 2.28. The number of methoxy groups -OCH3 is 2. The third-order valence-corrected chi connectivity index (χ3v) is 2.55. The number of nitrogens with zero attached hydrogens (tertiary/aromatic N) is 1. The first kappa shape index (κ1) is 14.5. The van der Waals surface area contributed by atoms with Crippen LogP contribution in [0.4, 0.5) is 11.4 Å². The zero-order chi connectivity index (χ0) is 14.7. The minimum atomic E-state index is -0.805. The molecule has 0 atom stereocenters. The second kappa shape index (κ2) is 5.38. The largest absolute Gasteiger partial charge is 0.495 e. The van der Waals surface area contributed by atoms with E-state index in [1.54, 1.807) is 6.92 Å². The molecule has 0 spiro atoms. The highest BCUT2D eigenvalue weighted by Crippen LogP contribution is 2.39. The van der Waals surface area contributed by atoms with E-state index < -0.39 is 10.9 Å². The summed E-state index contributed by atoms with van der Waals surface area (Å²) in [6.07, 6.45) is 0. The van der Waals surface area contributed by atoms with E-state index in [-0.39, 0.29) is 22.7 Å². The molecule has 7 nitrogen and oxygen atoms in total. The van der Waals surface area contributed by atoms with Crippen LogP contribution in [0.3, 0.4) is 0 Å². The van der Waals surface area contributed by atoms with Gasteiger partial charge in [-0.3, -0.25) is 10.1 Å². The van der Waals surface area contributed by atoms with Gasteiger partial charge in [0.15, 0.2) is 0 Å².